The highest BCUT2D eigenvalue weighted by Gasteiger charge is 2.08. The number of nitrogens with one attached hydrogen (secondary N) is 1. The van der Waals surface area contributed by atoms with E-state index < -0.39 is 5.82 Å². The Hall–Kier alpha value is -2.21. The summed E-state index contributed by atoms with van der Waals surface area (Å²) in [7, 11) is 0. The quantitative estimate of drug-likeness (QED) is 0.870. The number of aromatic nitrogens is 2. The van der Waals surface area contributed by atoms with E-state index in [1.165, 1.54) is 16.8 Å². The van der Waals surface area contributed by atoms with Gasteiger partial charge in [-0.15, -0.1) is 0 Å². The zero-order chi connectivity index (χ0) is 14.9. The minimum Gasteiger partial charge on any atom is -0.326 e. The largest absolute Gasteiger partial charge is 0.326 e. The van der Waals surface area contributed by atoms with Crippen LogP contribution in [0.3, 0.4) is 0 Å². The molecule has 5 nitrogen and oxygen atoms in total. The Morgan fingerprint density at radius 2 is 1.80 bits per heavy atom. The Labute approximate surface area is 114 Å². The molecule has 2 rings (SSSR count). The van der Waals surface area contributed by atoms with Crippen LogP contribution in [0.4, 0.5) is 4.39 Å². The van der Waals surface area contributed by atoms with Crippen molar-refractivity contribution in [3.63, 3.8) is 0 Å². The number of aromatic amines is 1. The highest BCUT2D eigenvalue weighted by atomic mass is 19.1. The van der Waals surface area contributed by atoms with Gasteiger partial charge in [-0.25, -0.2) is 9.07 Å². The number of halogens is 1. The molecule has 106 valence electrons. The Morgan fingerprint density at radius 1 is 1.15 bits per heavy atom. The maximum Gasteiger partial charge on any atom is 0.268 e. The number of hydrogen-bond donors (Lipinski definition) is 2. The molecule has 0 spiro atoms. The van der Waals surface area contributed by atoms with Gasteiger partial charge in [0, 0.05) is 17.7 Å². The lowest BCUT2D eigenvalue weighted by molar-refractivity contribution is 0.599. The summed E-state index contributed by atoms with van der Waals surface area (Å²) in [5.41, 5.74) is 6.88. The molecule has 20 heavy (non-hydrogen) atoms. The standard InChI is InChI=1S/C14H16FN3O2/c1-8-9(2)14(20)18(17-13(8)19)7-11-3-10(6-16)4-12(15)5-11/h3-5H,6-7,16H2,1-2H3,(H,17,19). The number of benzene rings is 1. The third kappa shape index (κ3) is 2.70. The molecular formula is C14H16FN3O2. The molecule has 0 aliphatic carbocycles. The van der Waals surface area contributed by atoms with Crippen LogP contribution in [0.5, 0.6) is 0 Å². The van der Waals surface area contributed by atoms with Crippen molar-refractivity contribution in [2.75, 3.05) is 0 Å². The van der Waals surface area contributed by atoms with Crippen molar-refractivity contribution < 1.29 is 4.39 Å². The van der Waals surface area contributed by atoms with E-state index in [2.05, 4.69) is 5.10 Å². The highest BCUT2D eigenvalue weighted by molar-refractivity contribution is 5.25. The van der Waals surface area contributed by atoms with Crippen LogP contribution in [0, 0.1) is 19.7 Å². The zero-order valence-electron chi connectivity index (χ0n) is 11.4. The number of nitrogens with two attached hydrogens (primary N) is 1. The first-order valence-corrected chi connectivity index (χ1v) is 6.21. The van der Waals surface area contributed by atoms with Gasteiger partial charge in [0.05, 0.1) is 6.54 Å². The van der Waals surface area contributed by atoms with Crippen molar-refractivity contribution in [2.24, 2.45) is 5.73 Å². The number of rotatable bonds is 3. The van der Waals surface area contributed by atoms with Gasteiger partial charge in [-0.1, -0.05) is 6.07 Å². The van der Waals surface area contributed by atoms with Gasteiger partial charge < -0.3 is 5.73 Å². The smallest absolute Gasteiger partial charge is 0.268 e. The summed E-state index contributed by atoms with van der Waals surface area (Å²) in [4.78, 5) is 23.7. The van der Waals surface area contributed by atoms with Crippen LogP contribution in [0.15, 0.2) is 27.8 Å². The van der Waals surface area contributed by atoms with Crippen LogP contribution in [-0.4, -0.2) is 9.78 Å². The summed E-state index contributed by atoms with van der Waals surface area (Å²) in [5.74, 6) is -0.415. The number of hydrogen-bond acceptors (Lipinski definition) is 3. The van der Waals surface area contributed by atoms with Crippen LogP contribution in [-0.2, 0) is 13.1 Å². The molecule has 0 saturated carbocycles. The fourth-order valence-corrected chi connectivity index (χ4v) is 2.01. The molecule has 6 heteroatoms. The van der Waals surface area contributed by atoms with Gasteiger partial charge in [0.2, 0.25) is 0 Å². The first kappa shape index (κ1) is 14.2. The molecule has 0 atom stereocenters. The van der Waals surface area contributed by atoms with Crippen LogP contribution < -0.4 is 16.9 Å². The Bertz CT molecular complexity index is 762. The first-order chi connectivity index (χ1) is 9.42. The summed E-state index contributed by atoms with van der Waals surface area (Å²) >= 11 is 0. The molecule has 0 aliphatic heterocycles. The number of H-pyrrole nitrogens is 1. The maximum atomic E-state index is 13.4. The summed E-state index contributed by atoms with van der Waals surface area (Å²) in [6.45, 7) is 3.50. The van der Waals surface area contributed by atoms with E-state index in [-0.39, 0.29) is 24.2 Å². The zero-order valence-corrected chi connectivity index (χ0v) is 11.4. The van der Waals surface area contributed by atoms with Gasteiger partial charge in [0.15, 0.2) is 0 Å². The molecule has 1 heterocycles. The molecule has 1 aromatic heterocycles. The second kappa shape index (κ2) is 5.42. The van der Waals surface area contributed by atoms with E-state index in [4.69, 9.17) is 5.73 Å². The van der Waals surface area contributed by atoms with Crippen LogP contribution in [0.2, 0.25) is 0 Å². The molecule has 0 unspecified atom stereocenters. The molecule has 0 saturated heterocycles. The van der Waals surface area contributed by atoms with E-state index in [0.29, 0.717) is 22.3 Å². The lowest BCUT2D eigenvalue weighted by atomic mass is 10.1. The van der Waals surface area contributed by atoms with Gasteiger partial charge in [0.1, 0.15) is 5.82 Å². The average molecular weight is 277 g/mol. The second-order valence-corrected chi connectivity index (χ2v) is 4.75. The van der Waals surface area contributed by atoms with Crippen LogP contribution in [0.1, 0.15) is 22.3 Å². The summed E-state index contributed by atoms with van der Waals surface area (Å²) < 4.78 is 14.6. The van der Waals surface area contributed by atoms with Crippen molar-refractivity contribution in [1.82, 2.24) is 9.78 Å². The van der Waals surface area contributed by atoms with E-state index in [9.17, 15) is 14.0 Å². The topological polar surface area (TPSA) is 80.9 Å². The van der Waals surface area contributed by atoms with E-state index in [1.54, 1.807) is 19.9 Å². The van der Waals surface area contributed by atoms with E-state index in [1.807, 2.05) is 0 Å². The van der Waals surface area contributed by atoms with Crippen molar-refractivity contribution in [2.45, 2.75) is 26.9 Å². The van der Waals surface area contributed by atoms with Crippen molar-refractivity contribution in [1.29, 1.82) is 0 Å². The van der Waals surface area contributed by atoms with Crippen molar-refractivity contribution >= 4 is 0 Å². The predicted molar refractivity (Wildman–Crippen MR) is 74.2 cm³/mol. The number of nitrogens with zero attached hydrogens (tertiary/aromatic N) is 1. The van der Waals surface area contributed by atoms with E-state index >= 15 is 0 Å². The SMILES string of the molecule is Cc1c(C)c(=O)n(Cc2cc(F)cc(CN)c2)[nH]c1=O. The molecule has 0 bridgehead atoms. The lowest BCUT2D eigenvalue weighted by Crippen LogP contribution is -2.33. The predicted octanol–water partition coefficient (Wildman–Crippen LogP) is 0.800. The first-order valence-electron chi connectivity index (χ1n) is 6.21. The Balaban J connectivity index is 2.48. The maximum absolute atomic E-state index is 13.4. The normalized spacial score (nSPS) is 10.8. The minimum atomic E-state index is -0.415. The lowest BCUT2D eigenvalue weighted by Gasteiger charge is -2.09. The molecule has 0 fully saturated rings. The average Bonchev–Trinajstić information content (AvgIpc) is 2.41. The van der Waals surface area contributed by atoms with E-state index in [0.717, 1.165) is 0 Å². The molecule has 0 radical (unpaired) electrons. The monoisotopic (exact) mass is 277 g/mol. The summed E-state index contributed by atoms with van der Waals surface area (Å²) in [5, 5.41) is 2.49. The van der Waals surface area contributed by atoms with Crippen LogP contribution >= 0.6 is 0 Å². The van der Waals surface area contributed by atoms with Crippen LogP contribution in [0.25, 0.3) is 0 Å². The fourth-order valence-electron chi connectivity index (χ4n) is 2.01. The second-order valence-electron chi connectivity index (χ2n) is 4.75. The van der Waals surface area contributed by atoms with Crippen molar-refractivity contribution in [3.8, 4) is 0 Å². The Kier molecular flexibility index (Phi) is 3.85. The van der Waals surface area contributed by atoms with Gasteiger partial charge >= 0.3 is 0 Å². The molecule has 0 amide bonds. The third-order valence-corrected chi connectivity index (χ3v) is 3.30. The van der Waals surface area contributed by atoms with Gasteiger partial charge in [0.25, 0.3) is 11.1 Å². The fraction of sp³-hybridized carbons (Fsp3) is 0.286. The molecule has 2 aromatic rings. The Morgan fingerprint density at radius 3 is 2.45 bits per heavy atom. The molecule has 1 aromatic carbocycles. The molecule has 3 N–H and O–H groups in total. The van der Waals surface area contributed by atoms with Gasteiger partial charge in [-0.3, -0.25) is 14.7 Å². The van der Waals surface area contributed by atoms with Crippen molar-refractivity contribution in [3.05, 3.63) is 67.0 Å². The minimum absolute atomic E-state index is 0.0972. The summed E-state index contributed by atoms with van der Waals surface area (Å²) in [6.07, 6.45) is 0. The molecular weight excluding hydrogens is 261 g/mol. The molecule has 0 aliphatic rings. The highest BCUT2D eigenvalue weighted by Crippen LogP contribution is 2.09. The van der Waals surface area contributed by atoms with Gasteiger partial charge in [-0.05, 0) is 37.1 Å². The third-order valence-electron chi connectivity index (χ3n) is 3.30. The van der Waals surface area contributed by atoms with Gasteiger partial charge in [-0.2, -0.15) is 0 Å². The summed E-state index contributed by atoms with van der Waals surface area (Å²) in [6, 6.07) is 4.37.